The van der Waals surface area contributed by atoms with Crippen molar-refractivity contribution in [1.82, 2.24) is 0 Å². The molecule has 3 aromatic carbocycles. The van der Waals surface area contributed by atoms with Crippen LogP contribution in [0.4, 0.5) is 10.1 Å². The van der Waals surface area contributed by atoms with Crippen LogP contribution in [0.15, 0.2) is 60.7 Å². The van der Waals surface area contributed by atoms with Gasteiger partial charge in [0.05, 0.1) is 0 Å². The van der Waals surface area contributed by atoms with Crippen molar-refractivity contribution in [3.63, 3.8) is 0 Å². The summed E-state index contributed by atoms with van der Waals surface area (Å²) < 4.78 is 18.7. The van der Waals surface area contributed by atoms with Gasteiger partial charge in [-0.15, -0.1) is 0 Å². The van der Waals surface area contributed by atoms with E-state index in [0.717, 1.165) is 6.92 Å². The number of carboxylic acid groups (broad SMARTS) is 1. The van der Waals surface area contributed by atoms with Gasteiger partial charge in [0.1, 0.15) is 17.4 Å². The SMILES string of the molecule is CC(=O)O.N=C(N)c1ccc(Cc2c(Cl)cccc2C(N)=O)c(OCC(=O)Nc2ccc(F)cc2)c1. The predicted octanol–water partition coefficient (Wildman–Crippen LogP) is 3.56. The van der Waals surface area contributed by atoms with Crippen LogP contribution in [0.2, 0.25) is 5.02 Å². The number of carbonyl (C=O) groups excluding carboxylic acids is 2. The van der Waals surface area contributed by atoms with Crippen molar-refractivity contribution >= 4 is 40.9 Å². The van der Waals surface area contributed by atoms with Crippen molar-refractivity contribution in [2.75, 3.05) is 11.9 Å². The quantitative estimate of drug-likeness (QED) is 0.227. The van der Waals surface area contributed by atoms with Crippen molar-refractivity contribution < 1.29 is 28.6 Å². The van der Waals surface area contributed by atoms with Crippen LogP contribution in [0.1, 0.15) is 34.0 Å². The van der Waals surface area contributed by atoms with Crippen LogP contribution in [0.25, 0.3) is 0 Å². The molecule has 3 aromatic rings. The molecule has 0 aliphatic heterocycles. The normalized spacial score (nSPS) is 9.97. The van der Waals surface area contributed by atoms with Crippen LogP contribution in [0.3, 0.4) is 0 Å². The lowest BCUT2D eigenvalue weighted by molar-refractivity contribution is -0.134. The molecule has 0 heterocycles. The molecule has 0 atom stereocenters. The maximum absolute atomic E-state index is 13.0. The van der Waals surface area contributed by atoms with E-state index in [4.69, 9.17) is 43.1 Å². The number of nitrogen functional groups attached to an aromatic ring is 1. The van der Waals surface area contributed by atoms with Gasteiger partial charge < -0.3 is 26.6 Å². The van der Waals surface area contributed by atoms with E-state index in [9.17, 15) is 14.0 Å². The first-order valence-electron chi connectivity index (χ1n) is 10.4. The zero-order chi connectivity index (χ0) is 26.8. The number of amides is 2. The summed E-state index contributed by atoms with van der Waals surface area (Å²) in [6.45, 7) is 0.733. The fourth-order valence-corrected chi connectivity index (χ4v) is 3.28. The number of primary amides is 1. The van der Waals surface area contributed by atoms with E-state index >= 15 is 0 Å². The molecule has 0 aliphatic carbocycles. The largest absolute Gasteiger partial charge is 0.483 e. The molecule has 0 aromatic heterocycles. The Labute approximate surface area is 211 Å². The number of nitrogens with one attached hydrogen (secondary N) is 2. The number of hydrogen-bond donors (Lipinski definition) is 5. The number of halogens is 2. The molecule has 3 rings (SSSR count). The molecule has 0 aliphatic rings. The molecule has 0 saturated carbocycles. The van der Waals surface area contributed by atoms with Crippen molar-refractivity contribution in [2.45, 2.75) is 13.3 Å². The van der Waals surface area contributed by atoms with E-state index in [1.54, 1.807) is 30.3 Å². The third-order valence-electron chi connectivity index (χ3n) is 4.62. The minimum atomic E-state index is -0.833. The summed E-state index contributed by atoms with van der Waals surface area (Å²) in [6, 6.07) is 15.0. The molecule has 0 spiro atoms. The zero-order valence-corrected chi connectivity index (χ0v) is 19.9. The Morgan fingerprint density at radius 3 is 2.31 bits per heavy atom. The van der Waals surface area contributed by atoms with Crippen molar-refractivity contribution in [3.05, 3.63) is 93.8 Å². The number of aliphatic carboxylic acids is 1. The van der Waals surface area contributed by atoms with Gasteiger partial charge >= 0.3 is 0 Å². The minimum absolute atomic E-state index is 0.173. The lowest BCUT2D eigenvalue weighted by atomic mass is 9.97. The topological polar surface area (TPSA) is 169 Å². The highest BCUT2D eigenvalue weighted by atomic mass is 35.5. The number of rotatable bonds is 8. The summed E-state index contributed by atoms with van der Waals surface area (Å²) >= 11 is 6.29. The van der Waals surface area contributed by atoms with Crippen molar-refractivity contribution in [2.24, 2.45) is 11.5 Å². The standard InChI is InChI=1S/C23H20ClFN4O3.C2H4O2/c24-19-3-1-2-17(23(28)31)18(19)10-13-4-5-14(22(26)27)11-20(13)32-12-21(30)29-16-8-6-15(25)7-9-16;1-2(3)4/h1-9,11H,10,12H2,(H3,26,27)(H2,28,31)(H,29,30);1H3,(H,3,4). The zero-order valence-electron chi connectivity index (χ0n) is 19.2. The van der Waals surface area contributed by atoms with Crippen LogP contribution in [0, 0.1) is 11.2 Å². The van der Waals surface area contributed by atoms with Crippen molar-refractivity contribution in [3.8, 4) is 5.75 Å². The van der Waals surface area contributed by atoms with E-state index < -0.39 is 23.6 Å². The van der Waals surface area contributed by atoms with Crippen LogP contribution in [-0.4, -0.2) is 35.3 Å². The summed E-state index contributed by atoms with van der Waals surface area (Å²) in [6.07, 6.45) is 0.199. The second kappa shape index (κ2) is 12.9. The molecule has 2 amide bonds. The van der Waals surface area contributed by atoms with Gasteiger partial charge in [0, 0.05) is 35.2 Å². The number of nitrogens with two attached hydrogens (primary N) is 2. The maximum atomic E-state index is 13.0. The van der Waals surface area contributed by atoms with Crippen molar-refractivity contribution in [1.29, 1.82) is 5.41 Å². The first-order valence-corrected chi connectivity index (χ1v) is 10.8. The van der Waals surface area contributed by atoms with Gasteiger partial charge in [-0.1, -0.05) is 29.8 Å². The number of amidine groups is 1. The van der Waals surface area contributed by atoms with Gasteiger partial charge in [-0.3, -0.25) is 19.8 Å². The average Bonchev–Trinajstić information content (AvgIpc) is 2.80. The van der Waals surface area contributed by atoms with Gasteiger partial charge in [-0.05, 0) is 53.6 Å². The van der Waals surface area contributed by atoms with E-state index in [1.807, 2.05) is 0 Å². The van der Waals surface area contributed by atoms with E-state index in [-0.39, 0.29) is 24.4 Å². The maximum Gasteiger partial charge on any atom is 0.300 e. The molecule has 36 heavy (non-hydrogen) atoms. The van der Waals surface area contributed by atoms with E-state index in [2.05, 4.69) is 5.32 Å². The van der Waals surface area contributed by atoms with Gasteiger partial charge in [0.15, 0.2) is 6.61 Å². The molecule has 0 fully saturated rings. The number of hydrogen-bond acceptors (Lipinski definition) is 5. The van der Waals surface area contributed by atoms with E-state index in [1.165, 1.54) is 30.3 Å². The lowest BCUT2D eigenvalue weighted by Gasteiger charge is -2.15. The average molecular weight is 515 g/mol. The third kappa shape index (κ3) is 8.41. The Hall–Kier alpha value is -4.44. The highest BCUT2D eigenvalue weighted by Gasteiger charge is 2.16. The Kier molecular flexibility index (Phi) is 9.93. The fourth-order valence-electron chi connectivity index (χ4n) is 3.04. The highest BCUT2D eigenvalue weighted by molar-refractivity contribution is 6.32. The third-order valence-corrected chi connectivity index (χ3v) is 4.97. The predicted molar refractivity (Wildman–Crippen MR) is 134 cm³/mol. The number of carboxylic acids is 1. The van der Waals surface area contributed by atoms with Gasteiger partial charge in [-0.2, -0.15) is 0 Å². The van der Waals surface area contributed by atoms with Crippen LogP contribution in [0.5, 0.6) is 5.75 Å². The van der Waals surface area contributed by atoms with Crippen LogP contribution in [-0.2, 0) is 16.0 Å². The van der Waals surface area contributed by atoms with E-state index in [0.29, 0.717) is 33.1 Å². The van der Waals surface area contributed by atoms with Crippen LogP contribution < -0.4 is 21.5 Å². The molecule has 11 heteroatoms. The smallest absolute Gasteiger partial charge is 0.300 e. The fraction of sp³-hybridized carbons (Fsp3) is 0.120. The summed E-state index contributed by atoms with van der Waals surface area (Å²) in [5, 5.41) is 18.0. The molecule has 188 valence electrons. The Balaban J connectivity index is 0.00000106. The summed E-state index contributed by atoms with van der Waals surface area (Å²) in [7, 11) is 0. The van der Waals surface area contributed by atoms with Crippen LogP contribution >= 0.6 is 11.6 Å². The molecule has 7 N–H and O–H groups in total. The first-order chi connectivity index (χ1) is 17.0. The lowest BCUT2D eigenvalue weighted by Crippen LogP contribution is -2.21. The molecule has 9 nitrogen and oxygen atoms in total. The molecule has 0 unspecified atom stereocenters. The second-order valence-corrected chi connectivity index (χ2v) is 7.81. The minimum Gasteiger partial charge on any atom is -0.483 e. The number of benzene rings is 3. The number of anilines is 1. The van der Waals surface area contributed by atoms with Gasteiger partial charge in [0.25, 0.3) is 11.9 Å². The Morgan fingerprint density at radius 2 is 1.72 bits per heavy atom. The van der Waals surface area contributed by atoms with Gasteiger partial charge in [0.2, 0.25) is 5.91 Å². The molecule has 0 saturated heterocycles. The second-order valence-electron chi connectivity index (χ2n) is 7.41. The summed E-state index contributed by atoms with van der Waals surface area (Å²) in [5.41, 5.74) is 13.3. The monoisotopic (exact) mass is 514 g/mol. The molecule has 0 bridgehead atoms. The first kappa shape index (κ1) is 27.8. The Morgan fingerprint density at radius 1 is 1.08 bits per heavy atom. The number of ether oxygens (including phenoxy) is 1. The molecule has 0 radical (unpaired) electrons. The highest BCUT2D eigenvalue weighted by Crippen LogP contribution is 2.28. The molecular formula is C25H24ClFN4O5. The summed E-state index contributed by atoms with van der Waals surface area (Å²) in [4.78, 5) is 33.1. The Bertz CT molecular complexity index is 1280. The number of carbonyl (C=O) groups is 3. The van der Waals surface area contributed by atoms with Gasteiger partial charge in [-0.25, -0.2) is 4.39 Å². The molecular weight excluding hydrogens is 491 g/mol. The summed E-state index contributed by atoms with van der Waals surface area (Å²) in [5.74, 6) is -2.22.